The van der Waals surface area contributed by atoms with Gasteiger partial charge < -0.3 is 14.5 Å². The molecule has 0 atom stereocenters. The van der Waals surface area contributed by atoms with Gasteiger partial charge >= 0.3 is 0 Å². The Kier molecular flexibility index (Phi) is 6.00. The summed E-state index contributed by atoms with van der Waals surface area (Å²) in [5.41, 5.74) is 0.248. The van der Waals surface area contributed by atoms with E-state index in [2.05, 4.69) is 15.5 Å². The van der Waals surface area contributed by atoms with Gasteiger partial charge in [-0.15, -0.1) is 10.2 Å². The fourth-order valence-corrected chi connectivity index (χ4v) is 2.62. The Labute approximate surface area is 157 Å². The first kappa shape index (κ1) is 18.4. The molecule has 138 valence electrons. The molecule has 9 nitrogen and oxygen atoms in total. The minimum absolute atomic E-state index is 0.0177. The molecule has 3 aromatic rings. The van der Waals surface area contributed by atoms with Crippen molar-refractivity contribution in [3.8, 4) is 5.75 Å². The Morgan fingerprint density at radius 3 is 2.78 bits per heavy atom. The van der Waals surface area contributed by atoms with Crippen LogP contribution < -0.4 is 10.1 Å². The van der Waals surface area contributed by atoms with E-state index in [1.54, 1.807) is 6.07 Å². The van der Waals surface area contributed by atoms with Crippen LogP contribution in [0.1, 0.15) is 5.89 Å². The highest BCUT2D eigenvalue weighted by atomic mass is 32.2. The molecule has 0 aliphatic heterocycles. The zero-order chi connectivity index (χ0) is 19.1. The zero-order valence-electron chi connectivity index (χ0n) is 13.9. The Balaban J connectivity index is 1.47. The lowest BCUT2D eigenvalue weighted by molar-refractivity contribution is -0.384. The number of thioether (sulfide) groups is 1. The first-order valence-electron chi connectivity index (χ1n) is 7.77. The van der Waals surface area contributed by atoms with Gasteiger partial charge in [-0.1, -0.05) is 36.0 Å². The van der Waals surface area contributed by atoms with Gasteiger partial charge in [0.1, 0.15) is 5.75 Å². The average Bonchev–Trinajstić information content (AvgIpc) is 3.14. The monoisotopic (exact) mass is 386 g/mol. The van der Waals surface area contributed by atoms with Gasteiger partial charge in [-0.25, -0.2) is 0 Å². The van der Waals surface area contributed by atoms with Crippen molar-refractivity contribution in [3.63, 3.8) is 0 Å². The lowest BCUT2D eigenvalue weighted by Crippen LogP contribution is -2.14. The van der Waals surface area contributed by atoms with Crippen molar-refractivity contribution in [2.45, 2.75) is 11.8 Å². The number of anilines is 1. The third-order valence-corrected chi connectivity index (χ3v) is 4.04. The van der Waals surface area contributed by atoms with Crippen LogP contribution in [0.3, 0.4) is 0 Å². The minimum atomic E-state index is -0.526. The molecule has 27 heavy (non-hydrogen) atoms. The molecule has 0 spiro atoms. The van der Waals surface area contributed by atoms with Gasteiger partial charge in [0.2, 0.25) is 5.91 Å². The van der Waals surface area contributed by atoms with Gasteiger partial charge in [-0.2, -0.15) is 0 Å². The highest BCUT2D eigenvalue weighted by molar-refractivity contribution is 7.99. The van der Waals surface area contributed by atoms with Crippen molar-refractivity contribution in [2.24, 2.45) is 0 Å². The number of non-ortho nitro benzene ring substituents is 1. The van der Waals surface area contributed by atoms with Crippen LogP contribution in [0.4, 0.5) is 11.4 Å². The number of ether oxygens (including phenoxy) is 1. The fourth-order valence-electron chi connectivity index (χ4n) is 2.04. The van der Waals surface area contributed by atoms with Crippen LogP contribution in [0.5, 0.6) is 5.75 Å². The van der Waals surface area contributed by atoms with Crippen LogP contribution in [-0.2, 0) is 11.4 Å². The summed E-state index contributed by atoms with van der Waals surface area (Å²) >= 11 is 1.06. The number of rotatable bonds is 8. The number of nitro groups is 1. The molecule has 0 aliphatic rings. The van der Waals surface area contributed by atoms with Crippen molar-refractivity contribution >= 4 is 29.0 Å². The predicted molar refractivity (Wildman–Crippen MR) is 97.5 cm³/mol. The molecule has 0 bridgehead atoms. The topological polar surface area (TPSA) is 120 Å². The SMILES string of the molecule is O=C(CSc1nnc(COc2ccccc2)o1)Nc1cccc([N+](=O)[O-])c1. The Morgan fingerprint density at radius 2 is 2.00 bits per heavy atom. The highest BCUT2D eigenvalue weighted by Gasteiger charge is 2.12. The van der Waals surface area contributed by atoms with Crippen molar-refractivity contribution in [1.29, 1.82) is 0 Å². The number of aromatic nitrogens is 2. The molecule has 0 saturated carbocycles. The van der Waals surface area contributed by atoms with E-state index in [1.807, 2.05) is 30.3 Å². The maximum atomic E-state index is 12.0. The maximum absolute atomic E-state index is 12.0. The first-order valence-corrected chi connectivity index (χ1v) is 8.76. The normalized spacial score (nSPS) is 10.4. The highest BCUT2D eigenvalue weighted by Crippen LogP contribution is 2.20. The zero-order valence-corrected chi connectivity index (χ0v) is 14.7. The van der Waals surface area contributed by atoms with Crippen molar-refractivity contribution < 1.29 is 18.9 Å². The standard InChI is InChI=1S/C17H14N4O5S/c22-15(18-12-5-4-6-13(9-12)21(23)24)11-27-17-20-19-16(26-17)10-25-14-7-2-1-3-8-14/h1-9H,10-11H2,(H,18,22). The second-order valence-corrected chi connectivity index (χ2v) is 6.13. The van der Waals surface area contributed by atoms with Gasteiger partial charge in [-0.3, -0.25) is 14.9 Å². The van der Waals surface area contributed by atoms with E-state index in [0.717, 1.165) is 11.8 Å². The summed E-state index contributed by atoms with van der Waals surface area (Å²) in [4.78, 5) is 22.2. The van der Waals surface area contributed by atoms with Gasteiger partial charge in [0.15, 0.2) is 6.61 Å². The second kappa shape index (κ2) is 8.81. The summed E-state index contributed by atoms with van der Waals surface area (Å²) in [7, 11) is 0. The molecule has 1 aromatic heterocycles. The van der Waals surface area contributed by atoms with E-state index in [-0.39, 0.29) is 29.2 Å². The number of nitrogens with zero attached hydrogens (tertiary/aromatic N) is 3. The Morgan fingerprint density at radius 1 is 1.19 bits per heavy atom. The third kappa shape index (κ3) is 5.54. The van der Waals surface area contributed by atoms with Crippen LogP contribution in [0.15, 0.2) is 64.2 Å². The Hall–Kier alpha value is -3.40. The molecular formula is C17H14N4O5S. The maximum Gasteiger partial charge on any atom is 0.277 e. The molecule has 1 heterocycles. The average molecular weight is 386 g/mol. The third-order valence-electron chi connectivity index (χ3n) is 3.22. The lowest BCUT2D eigenvalue weighted by Gasteiger charge is -2.03. The molecule has 10 heteroatoms. The molecule has 0 unspecified atom stereocenters. The molecular weight excluding hydrogens is 372 g/mol. The summed E-state index contributed by atoms with van der Waals surface area (Å²) in [6, 6.07) is 14.9. The summed E-state index contributed by atoms with van der Waals surface area (Å²) in [5, 5.41) is 21.3. The van der Waals surface area contributed by atoms with Crippen molar-refractivity contribution in [1.82, 2.24) is 10.2 Å². The molecule has 1 N–H and O–H groups in total. The first-order chi connectivity index (χ1) is 13.1. The van der Waals surface area contributed by atoms with Crippen LogP contribution in [0, 0.1) is 10.1 Å². The Bertz CT molecular complexity index is 932. The second-order valence-electron chi connectivity index (χ2n) is 5.21. The number of benzene rings is 2. The number of carbonyl (C=O) groups is 1. The molecule has 0 aliphatic carbocycles. The largest absolute Gasteiger partial charge is 0.484 e. The lowest BCUT2D eigenvalue weighted by atomic mass is 10.3. The van der Waals surface area contributed by atoms with E-state index in [1.165, 1.54) is 18.2 Å². The number of hydrogen-bond donors (Lipinski definition) is 1. The number of hydrogen-bond acceptors (Lipinski definition) is 8. The predicted octanol–water partition coefficient (Wildman–Crippen LogP) is 3.29. The number of nitrogens with one attached hydrogen (secondary N) is 1. The molecule has 2 aromatic carbocycles. The van der Waals surface area contributed by atoms with Gasteiger partial charge in [0.25, 0.3) is 16.8 Å². The smallest absolute Gasteiger partial charge is 0.277 e. The van der Waals surface area contributed by atoms with Gasteiger partial charge in [0, 0.05) is 17.8 Å². The van der Waals surface area contributed by atoms with E-state index < -0.39 is 4.92 Å². The van der Waals surface area contributed by atoms with Crippen molar-refractivity contribution in [2.75, 3.05) is 11.1 Å². The van der Waals surface area contributed by atoms with Gasteiger partial charge in [-0.05, 0) is 18.2 Å². The molecule has 3 rings (SSSR count). The van der Waals surface area contributed by atoms with Crippen LogP contribution in [0.2, 0.25) is 0 Å². The number of para-hydroxylation sites is 1. The quantitative estimate of drug-likeness (QED) is 0.356. The summed E-state index contributed by atoms with van der Waals surface area (Å²) in [6.45, 7) is 0.122. The van der Waals surface area contributed by atoms with Crippen molar-refractivity contribution in [3.05, 3.63) is 70.6 Å². The molecule has 0 radical (unpaired) electrons. The van der Waals surface area contributed by atoms with Gasteiger partial charge in [0.05, 0.1) is 10.7 Å². The van der Waals surface area contributed by atoms with E-state index in [0.29, 0.717) is 17.3 Å². The minimum Gasteiger partial charge on any atom is -0.484 e. The molecule has 1 amide bonds. The number of nitro benzene ring substituents is 1. The van der Waals surface area contributed by atoms with E-state index >= 15 is 0 Å². The van der Waals surface area contributed by atoms with E-state index in [9.17, 15) is 14.9 Å². The number of carbonyl (C=O) groups excluding carboxylic acids is 1. The molecule has 0 saturated heterocycles. The molecule has 0 fully saturated rings. The summed E-state index contributed by atoms with van der Waals surface area (Å²) in [6.07, 6.45) is 0. The fraction of sp³-hybridized carbons (Fsp3) is 0.118. The van der Waals surface area contributed by atoms with E-state index in [4.69, 9.17) is 9.15 Å². The van der Waals surface area contributed by atoms with Crippen LogP contribution >= 0.6 is 11.8 Å². The van der Waals surface area contributed by atoms with Crippen LogP contribution in [0.25, 0.3) is 0 Å². The summed E-state index contributed by atoms with van der Waals surface area (Å²) < 4.78 is 10.9. The van der Waals surface area contributed by atoms with Crippen LogP contribution in [-0.4, -0.2) is 26.8 Å². The number of amides is 1. The summed E-state index contributed by atoms with van der Waals surface area (Å²) in [5.74, 6) is 0.645.